The first-order chi connectivity index (χ1) is 15.0. The highest BCUT2D eigenvalue weighted by molar-refractivity contribution is 7.99. The number of carbonyl (C=O) groups excluding carboxylic acids is 2. The van der Waals surface area contributed by atoms with Gasteiger partial charge in [0.25, 0.3) is 0 Å². The largest absolute Gasteiger partial charge is 0.508 e. The molecule has 0 saturated heterocycles. The van der Waals surface area contributed by atoms with Crippen LogP contribution < -0.4 is 10.1 Å². The Labute approximate surface area is 184 Å². The average Bonchev–Trinajstić information content (AvgIpc) is 3.20. The first-order valence-electron chi connectivity index (χ1n) is 9.83. The lowest BCUT2D eigenvalue weighted by Gasteiger charge is -2.11. The zero-order valence-corrected chi connectivity index (χ0v) is 18.4. The normalized spacial score (nSPS) is 10.7. The minimum Gasteiger partial charge on any atom is -0.508 e. The number of phenolic OH excluding ortho intramolecular Hbond substituents is 1. The number of Topliss-reactive ketones (excluding diaryl/α,β-unsaturated/α-hetero) is 1. The Bertz CT molecular complexity index is 1080. The molecular weight excluding hydrogens is 416 g/mol. The highest BCUT2D eigenvalue weighted by Crippen LogP contribution is 2.28. The molecule has 1 heterocycles. The summed E-state index contributed by atoms with van der Waals surface area (Å²) in [7, 11) is 1.49. The fraction of sp³-hybridized carbons (Fsp3) is 0.273. The van der Waals surface area contributed by atoms with Gasteiger partial charge in [0, 0.05) is 24.1 Å². The number of nitrogens with zero attached hydrogens (tertiary/aromatic N) is 3. The van der Waals surface area contributed by atoms with Gasteiger partial charge in [-0.15, -0.1) is 10.2 Å². The Hall–Kier alpha value is -3.33. The van der Waals surface area contributed by atoms with Crippen molar-refractivity contribution in [1.29, 1.82) is 0 Å². The summed E-state index contributed by atoms with van der Waals surface area (Å²) >= 11 is 1.31. The lowest BCUT2D eigenvalue weighted by atomic mass is 10.1. The number of phenols is 1. The van der Waals surface area contributed by atoms with Gasteiger partial charge in [-0.3, -0.25) is 9.59 Å². The molecule has 9 heteroatoms. The molecule has 2 aromatic carbocycles. The Morgan fingerprint density at radius 1 is 1.13 bits per heavy atom. The molecule has 1 aromatic heterocycles. The molecule has 3 rings (SSSR count). The third-order valence-corrected chi connectivity index (χ3v) is 5.58. The number of ketones is 1. The highest BCUT2D eigenvalue weighted by atomic mass is 32.2. The molecule has 0 bridgehead atoms. The van der Waals surface area contributed by atoms with Gasteiger partial charge in [0.1, 0.15) is 11.5 Å². The number of aromatic hydroxyl groups is 1. The molecule has 0 unspecified atom stereocenters. The van der Waals surface area contributed by atoms with Crippen molar-refractivity contribution < 1.29 is 19.4 Å². The van der Waals surface area contributed by atoms with Gasteiger partial charge in [-0.2, -0.15) is 0 Å². The first kappa shape index (κ1) is 22.4. The fourth-order valence-corrected chi connectivity index (χ4v) is 3.82. The lowest BCUT2D eigenvalue weighted by Crippen LogP contribution is -2.11. The van der Waals surface area contributed by atoms with E-state index in [0.29, 0.717) is 40.9 Å². The molecule has 0 spiro atoms. The van der Waals surface area contributed by atoms with Gasteiger partial charge in [-0.05, 0) is 49.4 Å². The van der Waals surface area contributed by atoms with E-state index in [0.717, 1.165) is 5.56 Å². The zero-order valence-electron chi connectivity index (χ0n) is 17.6. The summed E-state index contributed by atoms with van der Waals surface area (Å²) < 4.78 is 7.25. The smallest absolute Gasteiger partial charge is 0.224 e. The number of amides is 1. The van der Waals surface area contributed by atoms with E-state index in [1.807, 2.05) is 11.5 Å². The van der Waals surface area contributed by atoms with Crippen LogP contribution in [-0.4, -0.2) is 44.4 Å². The number of ether oxygens (including phenoxy) is 1. The number of carbonyl (C=O) groups is 2. The predicted molar refractivity (Wildman–Crippen MR) is 120 cm³/mol. The van der Waals surface area contributed by atoms with Crippen molar-refractivity contribution in [2.24, 2.45) is 0 Å². The second kappa shape index (κ2) is 10.1. The third kappa shape index (κ3) is 5.24. The summed E-state index contributed by atoms with van der Waals surface area (Å²) in [5.74, 6) is 1.25. The van der Waals surface area contributed by atoms with Crippen molar-refractivity contribution in [2.75, 3.05) is 18.2 Å². The molecule has 0 saturated carbocycles. The number of rotatable bonds is 9. The van der Waals surface area contributed by atoms with Gasteiger partial charge in [0.15, 0.2) is 16.8 Å². The van der Waals surface area contributed by atoms with Gasteiger partial charge in [0.2, 0.25) is 5.91 Å². The van der Waals surface area contributed by atoms with Gasteiger partial charge < -0.3 is 19.7 Å². The van der Waals surface area contributed by atoms with Gasteiger partial charge in [-0.1, -0.05) is 18.7 Å². The molecule has 0 aliphatic rings. The molecule has 2 N–H and O–H groups in total. The van der Waals surface area contributed by atoms with E-state index in [1.165, 1.54) is 18.9 Å². The number of nitrogens with one attached hydrogen (secondary N) is 1. The molecule has 3 aromatic rings. The topological polar surface area (TPSA) is 106 Å². The number of hydrogen-bond donors (Lipinski definition) is 2. The number of benzene rings is 2. The lowest BCUT2D eigenvalue weighted by molar-refractivity contribution is -0.115. The van der Waals surface area contributed by atoms with E-state index in [4.69, 9.17) is 4.74 Å². The molecule has 31 heavy (non-hydrogen) atoms. The van der Waals surface area contributed by atoms with Crippen LogP contribution in [0.2, 0.25) is 0 Å². The highest BCUT2D eigenvalue weighted by Gasteiger charge is 2.17. The molecule has 0 radical (unpaired) electrons. The molecule has 1 amide bonds. The van der Waals surface area contributed by atoms with Crippen LogP contribution in [0.4, 0.5) is 5.69 Å². The van der Waals surface area contributed by atoms with E-state index in [9.17, 15) is 14.7 Å². The van der Waals surface area contributed by atoms with E-state index in [1.54, 1.807) is 49.4 Å². The monoisotopic (exact) mass is 440 g/mol. The van der Waals surface area contributed by atoms with E-state index in [2.05, 4.69) is 15.5 Å². The zero-order chi connectivity index (χ0) is 22.4. The van der Waals surface area contributed by atoms with Crippen molar-refractivity contribution in [3.63, 3.8) is 0 Å². The van der Waals surface area contributed by atoms with Gasteiger partial charge in [0.05, 0.1) is 18.6 Å². The first-order valence-corrected chi connectivity index (χ1v) is 10.8. The van der Waals surface area contributed by atoms with E-state index < -0.39 is 0 Å². The van der Waals surface area contributed by atoms with E-state index >= 15 is 0 Å². The predicted octanol–water partition coefficient (Wildman–Crippen LogP) is 4.00. The van der Waals surface area contributed by atoms with Crippen LogP contribution in [0.25, 0.3) is 11.4 Å². The van der Waals surface area contributed by atoms with Crippen molar-refractivity contribution in [2.45, 2.75) is 32.0 Å². The Balaban J connectivity index is 1.73. The second-order valence-electron chi connectivity index (χ2n) is 6.63. The summed E-state index contributed by atoms with van der Waals surface area (Å²) in [6, 6.07) is 11.7. The maximum absolute atomic E-state index is 12.7. The van der Waals surface area contributed by atoms with Crippen LogP contribution in [0.15, 0.2) is 47.6 Å². The molecular formula is C22H24N4O4S. The Morgan fingerprint density at radius 2 is 1.87 bits per heavy atom. The second-order valence-corrected chi connectivity index (χ2v) is 7.57. The standard InChI is InChI=1S/C22H24N4O4S/c1-4-20(29)23-17-11-8-15(12-19(17)30-3)18(28)13-31-22-25-24-21(26(22)5-2)14-6-9-16(27)10-7-14/h6-12,27H,4-5,13H2,1-3H3,(H,23,29). The van der Waals surface area contributed by atoms with Crippen LogP contribution in [-0.2, 0) is 11.3 Å². The number of hydrogen-bond acceptors (Lipinski definition) is 7. The number of thioether (sulfide) groups is 1. The van der Waals surface area contributed by atoms with Crippen LogP contribution in [0.3, 0.4) is 0 Å². The summed E-state index contributed by atoms with van der Waals surface area (Å²) in [6.07, 6.45) is 0.352. The minimum atomic E-state index is -0.128. The Morgan fingerprint density at radius 3 is 2.52 bits per heavy atom. The summed E-state index contributed by atoms with van der Waals surface area (Å²) in [4.78, 5) is 24.4. The SMILES string of the molecule is CCC(=O)Nc1ccc(C(=O)CSc2nnc(-c3ccc(O)cc3)n2CC)cc1OC. The van der Waals surface area contributed by atoms with Crippen molar-refractivity contribution >= 4 is 29.1 Å². The van der Waals surface area contributed by atoms with Crippen molar-refractivity contribution in [1.82, 2.24) is 14.8 Å². The minimum absolute atomic E-state index is 0.0893. The molecule has 162 valence electrons. The van der Waals surface area contributed by atoms with Crippen molar-refractivity contribution in [3.05, 3.63) is 48.0 Å². The molecule has 0 fully saturated rings. The van der Waals surface area contributed by atoms with Gasteiger partial charge >= 0.3 is 0 Å². The summed E-state index contributed by atoms with van der Waals surface area (Å²) in [6.45, 7) is 4.38. The Kier molecular flexibility index (Phi) is 7.30. The summed E-state index contributed by atoms with van der Waals surface area (Å²) in [5.41, 5.74) is 1.85. The maximum Gasteiger partial charge on any atom is 0.224 e. The molecule has 0 atom stereocenters. The maximum atomic E-state index is 12.7. The molecule has 0 aliphatic carbocycles. The van der Waals surface area contributed by atoms with Crippen LogP contribution >= 0.6 is 11.8 Å². The third-order valence-electron chi connectivity index (χ3n) is 4.61. The number of aromatic nitrogens is 3. The van der Waals surface area contributed by atoms with Crippen molar-refractivity contribution in [3.8, 4) is 22.9 Å². The number of anilines is 1. The molecule has 0 aliphatic heterocycles. The van der Waals surface area contributed by atoms with Crippen LogP contribution in [0, 0.1) is 0 Å². The number of methoxy groups -OCH3 is 1. The molecule has 8 nitrogen and oxygen atoms in total. The summed E-state index contributed by atoms with van der Waals surface area (Å²) in [5, 5.41) is 21.4. The quantitative estimate of drug-likeness (QED) is 0.382. The van der Waals surface area contributed by atoms with Crippen LogP contribution in [0.1, 0.15) is 30.6 Å². The van der Waals surface area contributed by atoms with Crippen LogP contribution in [0.5, 0.6) is 11.5 Å². The average molecular weight is 441 g/mol. The van der Waals surface area contributed by atoms with E-state index in [-0.39, 0.29) is 23.2 Å². The van der Waals surface area contributed by atoms with Gasteiger partial charge in [-0.25, -0.2) is 0 Å². The fourth-order valence-electron chi connectivity index (χ4n) is 2.92.